The number of hydrogen-bond acceptors (Lipinski definition) is 5. The number of anilines is 2. The Morgan fingerprint density at radius 2 is 2.32 bits per heavy atom. The van der Waals surface area contributed by atoms with Crippen molar-refractivity contribution in [2.24, 2.45) is 0 Å². The lowest BCUT2D eigenvalue weighted by atomic mass is 10.1. The zero-order valence-corrected chi connectivity index (χ0v) is 12.5. The molecule has 2 fully saturated rings. The average Bonchev–Trinajstić information content (AvgIpc) is 3.01. The van der Waals surface area contributed by atoms with Crippen molar-refractivity contribution in [2.45, 2.75) is 25.3 Å². The summed E-state index contributed by atoms with van der Waals surface area (Å²) in [6.45, 7) is 2.70. The first-order valence-electron chi connectivity index (χ1n) is 7.71. The molecule has 0 aliphatic carbocycles. The van der Waals surface area contributed by atoms with Crippen molar-refractivity contribution < 1.29 is 9.59 Å². The monoisotopic (exact) mass is 303 g/mol. The van der Waals surface area contributed by atoms with Gasteiger partial charge in [-0.1, -0.05) is 0 Å². The molecule has 0 spiro atoms. The van der Waals surface area contributed by atoms with Crippen molar-refractivity contribution in [1.29, 1.82) is 0 Å². The lowest BCUT2D eigenvalue weighted by molar-refractivity contribution is -0.120. The number of amides is 2. The van der Waals surface area contributed by atoms with E-state index in [1.54, 1.807) is 6.20 Å². The average molecular weight is 303 g/mol. The van der Waals surface area contributed by atoms with Crippen molar-refractivity contribution in [2.75, 3.05) is 36.4 Å². The van der Waals surface area contributed by atoms with Gasteiger partial charge in [0.05, 0.1) is 18.4 Å². The summed E-state index contributed by atoms with van der Waals surface area (Å²) in [6.07, 6.45) is 4.33. The quantitative estimate of drug-likeness (QED) is 0.734. The third kappa shape index (κ3) is 3.73. The summed E-state index contributed by atoms with van der Waals surface area (Å²) in [4.78, 5) is 29.6. The second kappa shape index (κ2) is 6.74. The zero-order valence-electron chi connectivity index (χ0n) is 12.5. The fraction of sp³-hybridized carbons (Fsp3) is 0.533. The minimum Gasteiger partial charge on any atom is -0.353 e. The summed E-state index contributed by atoms with van der Waals surface area (Å²) in [5.41, 5.74) is 0.688. The topological polar surface area (TPSA) is 86.4 Å². The maximum absolute atomic E-state index is 12.0. The van der Waals surface area contributed by atoms with Crippen LogP contribution in [0.4, 0.5) is 11.5 Å². The Bertz CT molecular complexity index is 539. The van der Waals surface area contributed by atoms with E-state index in [9.17, 15) is 9.59 Å². The van der Waals surface area contributed by atoms with Gasteiger partial charge in [-0.05, 0) is 31.5 Å². The maximum Gasteiger partial charge on any atom is 0.239 e. The van der Waals surface area contributed by atoms with Crippen LogP contribution >= 0.6 is 0 Å². The standard InChI is InChI=1S/C15H21N5O2/c21-14(8-11-2-1-5-16-11)19-12-3-4-13(18-9-12)20-7-6-17-15(22)10-20/h3-4,9,11,16H,1-2,5-8,10H2,(H,17,22)(H,19,21). The van der Waals surface area contributed by atoms with E-state index in [1.165, 1.54) is 0 Å². The molecule has 3 heterocycles. The van der Waals surface area contributed by atoms with Crippen LogP contribution in [-0.4, -0.2) is 49.0 Å². The number of pyridine rings is 1. The molecule has 3 N–H and O–H groups in total. The largest absolute Gasteiger partial charge is 0.353 e. The third-order valence-corrected chi connectivity index (χ3v) is 3.99. The third-order valence-electron chi connectivity index (χ3n) is 3.99. The molecule has 7 heteroatoms. The minimum atomic E-state index is 0.00583. The summed E-state index contributed by atoms with van der Waals surface area (Å²) in [5.74, 6) is 0.770. The second-order valence-corrected chi connectivity index (χ2v) is 5.72. The van der Waals surface area contributed by atoms with Crippen molar-refractivity contribution in [3.05, 3.63) is 18.3 Å². The molecule has 2 aliphatic heterocycles. The molecule has 2 amide bonds. The van der Waals surface area contributed by atoms with Crippen LogP contribution in [0.3, 0.4) is 0 Å². The van der Waals surface area contributed by atoms with Crippen molar-refractivity contribution in [3.63, 3.8) is 0 Å². The first-order chi connectivity index (χ1) is 10.7. The van der Waals surface area contributed by atoms with Crippen LogP contribution in [0.1, 0.15) is 19.3 Å². The smallest absolute Gasteiger partial charge is 0.239 e. The van der Waals surface area contributed by atoms with E-state index in [0.29, 0.717) is 31.2 Å². The van der Waals surface area contributed by atoms with Gasteiger partial charge in [0.25, 0.3) is 0 Å². The lowest BCUT2D eigenvalue weighted by Gasteiger charge is -2.27. The minimum absolute atomic E-state index is 0.00583. The van der Waals surface area contributed by atoms with Crippen molar-refractivity contribution in [3.8, 4) is 0 Å². The summed E-state index contributed by atoms with van der Waals surface area (Å²) in [6, 6.07) is 3.95. The van der Waals surface area contributed by atoms with Crippen LogP contribution < -0.4 is 20.9 Å². The molecule has 1 atom stereocenters. The molecule has 3 rings (SSSR count). The van der Waals surface area contributed by atoms with Gasteiger partial charge in [0.2, 0.25) is 11.8 Å². The number of carbonyl (C=O) groups is 2. The number of nitrogens with zero attached hydrogens (tertiary/aromatic N) is 2. The number of piperazine rings is 1. The van der Waals surface area contributed by atoms with Crippen LogP contribution in [-0.2, 0) is 9.59 Å². The molecule has 2 aliphatic rings. The molecule has 2 saturated heterocycles. The van der Waals surface area contributed by atoms with E-state index in [2.05, 4.69) is 20.9 Å². The van der Waals surface area contributed by atoms with Gasteiger partial charge in [0.1, 0.15) is 5.82 Å². The molecule has 22 heavy (non-hydrogen) atoms. The Morgan fingerprint density at radius 3 is 3.00 bits per heavy atom. The highest BCUT2D eigenvalue weighted by molar-refractivity contribution is 5.91. The van der Waals surface area contributed by atoms with Gasteiger partial charge in [-0.15, -0.1) is 0 Å². The maximum atomic E-state index is 12.0. The predicted molar refractivity (Wildman–Crippen MR) is 83.7 cm³/mol. The van der Waals surface area contributed by atoms with Crippen molar-refractivity contribution >= 4 is 23.3 Å². The number of rotatable bonds is 4. The summed E-state index contributed by atoms with van der Waals surface area (Å²) >= 11 is 0. The lowest BCUT2D eigenvalue weighted by Crippen LogP contribution is -2.48. The van der Waals surface area contributed by atoms with Crippen LogP contribution in [0, 0.1) is 0 Å². The SMILES string of the molecule is O=C1CN(c2ccc(NC(=O)CC3CCCN3)cn2)CCN1. The number of aromatic nitrogens is 1. The van der Waals surface area contributed by atoms with Gasteiger partial charge in [-0.25, -0.2) is 4.98 Å². The molecule has 1 aromatic rings. The first kappa shape index (κ1) is 14.8. The molecule has 0 radical (unpaired) electrons. The normalized spacial score (nSPS) is 21.5. The molecule has 1 unspecified atom stereocenters. The molecule has 118 valence electrons. The van der Waals surface area contributed by atoms with Crippen LogP contribution in [0.2, 0.25) is 0 Å². The Morgan fingerprint density at radius 1 is 1.41 bits per heavy atom. The van der Waals surface area contributed by atoms with Gasteiger partial charge >= 0.3 is 0 Å². The fourth-order valence-electron chi connectivity index (χ4n) is 2.85. The Hall–Kier alpha value is -2.15. The number of carbonyl (C=O) groups excluding carboxylic acids is 2. The summed E-state index contributed by atoms with van der Waals surface area (Å²) < 4.78 is 0. The van der Waals surface area contributed by atoms with Gasteiger partial charge in [-0.2, -0.15) is 0 Å². The van der Waals surface area contributed by atoms with E-state index in [4.69, 9.17) is 0 Å². The van der Waals surface area contributed by atoms with Gasteiger partial charge in [0.15, 0.2) is 0 Å². The van der Waals surface area contributed by atoms with E-state index < -0.39 is 0 Å². The van der Waals surface area contributed by atoms with Crippen molar-refractivity contribution in [1.82, 2.24) is 15.6 Å². The highest BCUT2D eigenvalue weighted by Gasteiger charge is 2.19. The zero-order chi connectivity index (χ0) is 15.4. The summed E-state index contributed by atoms with van der Waals surface area (Å²) in [7, 11) is 0. The Labute approximate surface area is 129 Å². The molecule has 0 saturated carbocycles. The highest BCUT2D eigenvalue weighted by atomic mass is 16.2. The highest BCUT2D eigenvalue weighted by Crippen LogP contribution is 2.16. The molecule has 0 aromatic carbocycles. The summed E-state index contributed by atoms with van der Waals surface area (Å²) in [5, 5.41) is 8.96. The predicted octanol–water partition coefficient (Wildman–Crippen LogP) is 0.0984. The van der Waals surface area contributed by atoms with E-state index >= 15 is 0 Å². The van der Waals surface area contributed by atoms with E-state index in [0.717, 1.165) is 31.7 Å². The first-order valence-corrected chi connectivity index (χ1v) is 7.71. The number of hydrogen-bond donors (Lipinski definition) is 3. The molecule has 0 bridgehead atoms. The molecular weight excluding hydrogens is 282 g/mol. The van der Waals surface area contributed by atoms with Crippen LogP contribution in [0.25, 0.3) is 0 Å². The van der Waals surface area contributed by atoms with Gasteiger partial charge in [0, 0.05) is 25.6 Å². The fourth-order valence-corrected chi connectivity index (χ4v) is 2.85. The van der Waals surface area contributed by atoms with Crippen LogP contribution in [0.15, 0.2) is 18.3 Å². The van der Waals surface area contributed by atoms with Crippen LogP contribution in [0.5, 0.6) is 0 Å². The van der Waals surface area contributed by atoms with Gasteiger partial charge in [-0.3, -0.25) is 9.59 Å². The molecular formula is C15H21N5O2. The number of nitrogens with one attached hydrogen (secondary N) is 3. The van der Waals surface area contributed by atoms with E-state index in [-0.39, 0.29) is 11.8 Å². The van der Waals surface area contributed by atoms with E-state index in [1.807, 2.05) is 17.0 Å². The Kier molecular flexibility index (Phi) is 4.53. The molecule has 7 nitrogen and oxygen atoms in total. The second-order valence-electron chi connectivity index (χ2n) is 5.72. The Balaban J connectivity index is 1.54. The molecule has 1 aromatic heterocycles. The van der Waals surface area contributed by atoms with Gasteiger partial charge < -0.3 is 20.9 Å².